The number of thioether (sulfide) groups is 1. The third-order valence-corrected chi connectivity index (χ3v) is 7.98. The van der Waals surface area contributed by atoms with Gasteiger partial charge in [0.2, 0.25) is 5.91 Å². The zero-order valence-corrected chi connectivity index (χ0v) is 21.1. The summed E-state index contributed by atoms with van der Waals surface area (Å²) in [7, 11) is 0. The summed E-state index contributed by atoms with van der Waals surface area (Å²) in [5.41, 5.74) is 7.06. The highest BCUT2D eigenvalue weighted by Gasteiger charge is 2.24. The Balaban J connectivity index is 1.31. The summed E-state index contributed by atoms with van der Waals surface area (Å²) in [5.74, 6) is 0.262. The number of aromatic amines is 1. The minimum atomic E-state index is -0.125. The molecule has 0 aliphatic carbocycles. The predicted molar refractivity (Wildman–Crippen MR) is 145 cm³/mol. The van der Waals surface area contributed by atoms with Gasteiger partial charge in [-0.2, -0.15) is 0 Å². The summed E-state index contributed by atoms with van der Waals surface area (Å²) in [4.78, 5) is 37.1. The second kappa shape index (κ2) is 8.99. The van der Waals surface area contributed by atoms with Crippen molar-refractivity contribution in [3.05, 3.63) is 99.5 Å². The molecule has 2 aromatic heterocycles. The number of rotatable bonds is 4. The zero-order chi connectivity index (χ0) is 24.8. The summed E-state index contributed by atoms with van der Waals surface area (Å²) in [6.07, 6.45) is 0.808. The molecule has 7 heteroatoms. The van der Waals surface area contributed by atoms with Crippen molar-refractivity contribution < 1.29 is 4.79 Å². The van der Waals surface area contributed by atoms with Gasteiger partial charge in [0.25, 0.3) is 5.56 Å². The molecule has 180 valence electrons. The smallest absolute Gasteiger partial charge is 0.266 e. The van der Waals surface area contributed by atoms with Gasteiger partial charge in [-0.05, 0) is 55.3 Å². The molecule has 6 nitrogen and oxygen atoms in total. The van der Waals surface area contributed by atoms with Crippen LogP contribution in [0.4, 0.5) is 0 Å². The van der Waals surface area contributed by atoms with E-state index in [1.54, 1.807) is 10.6 Å². The number of amides is 1. The molecule has 3 heterocycles. The first-order chi connectivity index (χ1) is 17.5. The number of benzene rings is 3. The van der Waals surface area contributed by atoms with E-state index in [-0.39, 0.29) is 17.2 Å². The van der Waals surface area contributed by atoms with Crippen molar-refractivity contribution in [1.82, 2.24) is 19.4 Å². The molecular formula is C29H26N4O2S. The van der Waals surface area contributed by atoms with Crippen LogP contribution < -0.4 is 5.56 Å². The molecule has 0 unspecified atom stereocenters. The monoisotopic (exact) mass is 494 g/mol. The second-order valence-electron chi connectivity index (χ2n) is 9.30. The number of fused-ring (bicyclic) bond motifs is 4. The number of carbonyl (C=O) groups excluding carboxylic acids is 1. The van der Waals surface area contributed by atoms with Crippen molar-refractivity contribution in [2.24, 2.45) is 0 Å². The first-order valence-corrected chi connectivity index (χ1v) is 13.1. The van der Waals surface area contributed by atoms with Gasteiger partial charge >= 0.3 is 0 Å². The van der Waals surface area contributed by atoms with Gasteiger partial charge in [-0.25, -0.2) is 4.98 Å². The van der Waals surface area contributed by atoms with Crippen molar-refractivity contribution >= 4 is 39.5 Å². The molecule has 0 saturated heterocycles. The van der Waals surface area contributed by atoms with E-state index < -0.39 is 0 Å². The molecule has 0 atom stereocenters. The first-order valence-electron chi connectivity index (χ1n) is 12.1. The van der Waals surface area contributed by atoms with Crippen LogP contribution >= 0.6 is 11.8 Å². The lowest BCUT2D eigenvalue weighted by atomic mass is 10.0. The fraction of sp³-hybridized carbons (Fsp3) is 0.207. The number of nitrogens with one attached hydrogen (secondary N) is 1. The molecule has 5 aromatic rings. The van der Waals surface area contributed by atoms with E-state index in [2.05, 4.69) is 17.1 Å². The highest BCUT2D eigenvalue weighted by molar-refractivity contribution is 7.99. The van der Waals surface area contributed by atoms with E-state index in [1.165, 1.54) is 28.4 Å². The van der Waals surface area contributed by atoms with E-state index in [9.17, 15) is 9.59 Å². The summed E-state index contributed by atoms with van der Waals surface area (Å²) >= 11 is 1.32. The normalized spacial score (nSPS) is 13.3. The highest BCUT2D eigenvalue weighted by Crippen LogP contribution is 2.29. The van der Waals surface area contributed by atoms with Crippen molar-refractivity contribution in [3.8, 4) is 5.69 Å². The maximum absolute atomic E-state index is 13.5. The van der Waals surface area contributed by atoms with E-state index in [0.29, 0.717) is 29.1 Å². The van der Waals surface area contributed by atoms with Crippen LogP contribution in [0.5, 0.6) is 0 Å². The minimum absolute atomic E-state index is 0.0463. The number of aromatic nitrogens is 3. The number of para-hydroxylation sites is 2. The lowest BCUT2D eigenvalue weighted by Crippen LogP contribution is -2.37. The van der Waals surface area contributed by atoms with Crippen molar-refractivity contribution in [2.45, 2.75) is 32.0 Å². The Morgan fingerprint density at radius 2 is 1.78 bits per heavy atom. The molecule has 3 aromatic carbocycles. The first kappa shape index (κ1) is 22.6. The third-order valence-electron chi connectivity index (χ3n) is 7.05. The van der Waals surface area contributed by atoms with Crippen LogP contribution in [-0.4, -0.2) is 37.6 Å². The standard InChI is InChI=1S/C29H26N4O2S/c1-18-11-12-20(15-19(18)2)33-28(35)22-8-4-6-10-25(22)31-29(33)36-17-27(34)32-14-13-26-23(16-32)21-7-3-5-9-24(21)30-26/h3-12,15,30H,13-14,16-17H2,1-2H3. The number of aryl methyl sites for hydroxylation is 2. The number of hydrogen-bond donors (Lipinski definition) is 1. The lowest BCUT2D eigenvalue weighted by Gasteiger charge is -2.27. The van der Waals surface area contributed by atoms with Crippen molar-refractivity contribution in [3.63, 3.8) is 0 Å². The van der Waals surface area contributed by atoms with Crippen LogP contribution in [0.15, 0.2) is 76.7 Å². The Morgan fingerprint density at radius 3 is 2.61 bits per heavy atom. The second-order valence-corrected chi connectivity index (χ2v) is 10.2. The van der Waals surface area contributed by atoms with Gasteiger partial charge in [0.15, 0.2) is 5.16 Å². The Morgan fingerprint density at radius 1 is 1.00 bits per heavy atom. The Bertz CT molecular complexity index is 1700. The average Bonchev–Trinajstić information content (AvgIpc) is 3.27. The number of nitrogens with zero attached hydrogens (tertiary/aromatic N) is 3. The SMILES string of the molecule is Cc1ccc(-n2c(SCC(=O)N3CCc4[nH]c5ccccc5c4C3)nc3ccccc3c2=O)cc1C. The Hall–Kier alpha value is -3.84. The molecule has 0 bridgehead atoms. The largest absolute Gasteiger partial charge is 0.358 e. The van der Waals surface area contributed by atoms with E-state index in [4.69, 9.17) is 4.98 Å². The third kappa shape index (κ3) is 3.89. The van der Waals surface area contributed by atoms with Crippen molar-refractivity contribution in [2.75, 3.05) is 12.3 Å². The fourth-order valence-electron chi connectivity index (χ4n) is 4.90. The molecule has 0 radical (unpaired) electrons. The van der Waals surface area contributed by atoms with Crippen LogP contribution in [0, 0.1) is 13.8 Å². The highest BCUT2D eigenvalue weighted by atomic mass is 32.2. The fourth-order valence-corrected chi connectivity index (χ4v) is 5.81. The summed E-state index contributed by atoms with van der Waals surface area (Å²) in [5, 5.41) is 2.27. The van der Waals surface area contributed by atoms with Crippen LogP contribution in [-0.2, 0) is 17.8 Å². The summed E-state index contributed by atoms with van der Waals surface area (Å²) < 4.78 is 1.64. The lowest BCUT2D eigenvalue weighted by molar-refractivity contribution is -0.129. The molecule has 0 fully saturated rings. The van der Waals surface area contributed by atoms with E-state index in [1.807, 2.05) is 67.3 Å². The van der Waals surface area contributed by atoms with Crippen LogP contribution in [0.3, 0.4) is 0 Å². The topological polar surface area (TPSA) is 71.0 Å². The van der Waals surface area contributed by atoms with Crippen molar-refractivity contribution in [1.29, 1.82) is 0 Å². The predicted octanol–water partition coefficient (Wildman–Crippen LogP) is 5.16. The van der Waals surface area contributed by atoms with Crippen LogP contribution in [0.25, 0.3) is 27.5 Å². The molecule has 1 aliphatic heterocycles. The molecule has 6 rings (SSSR count). The molecule has 1 amide bonds. The number of carbonyl (C=O) groups is 1. The van der Waals surface area contributed by atoms with Gasteiger partial charge in [-0.1, -0.05) is 48.2 Å². The van der Waals surface area contributed by atoms with E-state index >= 15 is 0 Å². The summed E-state index contributed by atoms with van der Waals surface area (Å²) in [6, 6.07) is 21.6. The molecule has 0 saturated carbocycles. The van der Waals surface area contributed by atoms with Gasteiger partial charge < -0.3 is 9.88 Å². The van der Waals surface area contributed by atoms with Gasteiger partial charge in [-0.3, -0.25) is 14.2 Å². The zero-order valence-electron chi connectivity index (χ0n) is 20.2. The maximum atomic E-state index is 13.5. The minimum Gasteiger partial charge on any atom is -0.358 e. The molecule has 0 spiro atoms. The summed E-state index contributed by atoms with van der Waals surface area (Å²) in [6.45, 7) is 5.35. The molecule has 1 aliphatic rings. The maximum Gasteiger partial charge on any atom is 0.266 e. The molecular weight excluding hydrogens is 468 g/mol. The number of H-pyrrole nitrogens is 1. The van der Waals surface area contributed by atoms with Crippen LogP contribution in [0.1, 0.15) is 22.4 Å². The van der Waals surface area contributed by atoms with E-state index in [0.717, 1.165) is 28.8 Å². The quantitative estimate of drug-likeness (QED) is 0.277. The Labute approximate surface area is 213 Å². The van der Waals surface area contributed by atoms with Gasteiger partial charge in [0.05, 0.1) is 22.3 Å². The number of hydrogen-bond acceptors (Lipinski definition) is 4. The molecule has 36 heavy (non-hydrogen) atoms. The Kier molecular flexibility index (Phi) is 5.64. The van der Waals surface area contributed by atoms with Gasteiger partial charge in [0, 0.05) is 41.7 Å². The average molecular weight is 495 g/mol. The van der Waals surface area contributed by atoms with Gasteiger partial charge in [0.1, 0.15) is 0 Å². The van der Waals surface area contributed by atoms with Gasteiger partial charge in [-0.15, -0.1) is 0 Å². The van der Waals surface area contributed by atoms with Crippen LogP contribution in [0.2, 0.25) is 0 Å². The molecule has 1 N–H and O–H groups in total.